The Morgan fingerprint density at radius 3 is 1.54 bits per heavy atom. The van der Waals surface area contributed by atoms with E-state index in [1.807, 2.05) is 0 Å². The molecule has 2 atom stereocenters. The minimum Gasteiger partial charge on any atom is -0.481 e. The fourth-order valence-corrected chi connectivity index (χ4v) is 3.55. The number of hydrogen-bond acceptors (Lipinski definition) is 8. The summed E-state index contributed by atoms with van der Waals surface area (Å²) in [6.45, 7) is -0.322. The third-order valence-electron chi connectivity index (χ3n) is 5.64. The Kier molecular flexibility index (Phi) is 11.9. The van der Waals surface area contributed by atoms with Gasteiger partial charge in [-0.1, -0.05) is 91.0 Å². The monoisotopic (exact) mass is 562 g/mol. The molecule has 0 aliphatic carbocycles. The van der Waals surface area contributed by atoms with Crippen LogP contribution in [0.5, 0.6) is 0 Å². The molecule has 3 aromatic rings. The van der Waals surface area contributed by atoms with Crippen LogP contribution in [0.15, 0.2) is 91.0 Å². The standard InChI is InChI=1S/C30H30N2O9/c33-26(34)16-25(29(37)40-19-22-12-6-2-7-13-22)31-28(36)24(17-27(35)39-18-21-10-4-1-5-11-21)32-30(38)41-20-23-14-8-3-9-15-23/h1-15,24-25H,16-20H2,(H,31,36)(H,32,38)(H,33,34)/t24-,25+/m0/s1. The fraction of sp³-hybridized carbons (Fsp3) is 0.233. The number of benzene rings is 3. The molecule has 2 amide bonds. The van der Waals surface area contributed by atoms with Crippen LogP contribution in [0.2, 0.25) is 0 Å². The number of carbonyl (C=O) groups excluding carboxylic acids is 4. The maximum absolute atomic E-state index is 13.1. The highest BCUT2D eigenvalue weighted by atomic mass is 16.6. The molecule has 0 unspecified atom stereocenters. The third kappa shape index (κ3) is 11.2. The number of alkyl carbamates (subject to hydrolysis) is 1. The van der Waals surface area contributed by atoms with Gasteiger partial charge in [0.05, 0.1) is 12.8 Å². The van der Waals surface area contributed by atoms with E-state index in [2.05, 4.69) is 10.6 Å². The van der Waals surface area contributed by atoms with Gasteiger partial charge in [0, 0.05) is 0 Å². The highest BCUT2D eigenvalue weighted by molar-refractivity contribution is 5.93. The zero-order chi connectivity index (χ0) is 29.5. The van der Waals surface area contributed by atoms with E-state index in [1.165, 1.54) is 0 Å². The van der Waals surface area contributed by atoms with Gasteiger partial charge in [0.2, 0.25) is 5.91 Å². The van der Waals surface area contributed by atoms with Crippen molar-refractivity contribution in [3.05, 3.63) is 108 Å². The highest BCUT2D eigenvalue weighted by Crippen LogP contribution is 2.08. The van der Waals surface area contributed by atoms with Crippen molar-refractivity contribution in [1.29, 1.82) is 0 Å². The minimum atomic E-state index is -1.59. The summed E-state index contributed by atoms with van der Waals surface area (Å²) in [5, 5.41) is 13.9. The molecule has 0 bridgehead atoms. The summed E-state index contributed by atoms with van der Waals surface area (Å²) in [7, 11) is 0. The Morgan fingerprint density at radius 1 is 0.585 bits per heavy atom. The molecule has 3 aromatic carbocycles. The van der Waals surface area contributed by atoms with Gasteiger partial charge in [-0.25, -0.2) is 9.59 Å². The van der Waals surface area contributed by atoms with Crippen LogP contribution >= 0.6 is 0 Å². The molecule has 41 heavy (non-hydrogen) atoms. The third-order valence-corrected chi connectivity index (χ3v) is 5.64. The fourth-order valence-electron chi connectivity index (χ4n) is 3.55. The van der Waals surface area contributed by atoms with Gasteiger partial charge in [-0.2, -0.15) is 0 Å². The largest absolute Gasteiger partial charge is 0.481 e. The number of amides is 2. The lowest BCUT2D eigenvalue weighted by Crippen LogP contribution is -2.53. The van der Waals surface area contributed by atoms with E-state index in [4.69, 9.17) is 14.2 Å². The first-order valence-electron chi connectivity index (χ1n) is 12.7. The Hall–Kier alpha value is -5.19. The topological polar surface area (TPSA) is 157 Å². The number of esters is 2. The first-order valence-corrected chi connectivity index (χ1v) is 12.7. The average Bonchev–Trinajstić information content (AvgIpc) is 2.98. The van der Waals surface area contributed by atoms with Crippen molar-refractivity contribution < 1.29 is 43.3 Å². The van der Waals surface area contributed by atoms with Crippen LogP contribution in [0.1, 0.15) is 29.5 Å². The molecular formula is C30H30N2O9. The van der Waals surface area contributed by atoms with Crippen molar-refractivity contribution >= 4 is 29.9 Å². The number of aliphatic carboxylic acids is 1. The smallest absolute Gasteiger partial charge is 0.408 e. The van der Waals surface area contributed by atoms with Crippen molar-refractivity contribution in [2.45, 2.75) is 44.7 Å². The van der Waals surface area contributed by atoms with Crippen LogP contribution in [0.4, 0.5) is 4.79 Å². The van der Waals surface area contributed by atoms with E-state index >= 15 is 0 Å². The molecule has 0 heterocycles. The lowest BCUT2D eigenvalue weighted by molar-refractivity contribution is -0.153. The van der Waals surface area contributed by atoms with Gasteiger partial charge in [0.15, 0.2) is 0 Å². The molecule has 0 aliphatic heterocycles. The molecule has 0 saturated carbocycles. The van der Waals surface area contributed by atoms with Crippen molar-refractivity contribution in [1.82, 2.24) is 10.6 Å². The van der Waals surface area contributed by atoms with Gasteiger partial charge < -0.3 is 30.0 Å². The van der Waals surface area contributed by atoms with Crippen LogP contribution in [-0.2, 0) is 53.2 Å². The van der Waals surface area contributed by atoms with Gasteiger partial charge in [-0.3, -0.25) is 14.4 Å². The second kappa shape index (κ2) is 16.0. The van der Waals surface area contributed by atoms with Crippen molar-refractivity contribution in [2.24, 2.45) is 0 Å². The highest BCUT2D eigenvalue weighted by Gasteiger charge is 2.31. The molecule has 0 fully saturated rings. The molecule has 3 N–H and O–H groups in total. The maximum atomic E-state index is 13.1. The first-order chi connectivity index (χ1) is 19.8. The number of nitrogens with one attached hydrogen (secondary N) is 2. The van der Waals surface area contributed by atoms with Crippen molar-refractivity contribution in [3.8, 4) is 0 Å². The summed E-state index contributed by atoms with van der Waals surface area (Å²) >= 11 is 0. The second-order valence-electron chi connectivity index (χ2n) is 8.86. The Balaban J connectivity index is 1.66. The number of carbonyl (C=O) groups is 5. The van der Waals surface area contributed by atoms with Crippen LogP contribution in [0.3, 0.4) is 0 Å². The van der Waals surface area contributed by atoms with Crippen molar-refractivity contribution in [3.63, 3.8) is 0 Å². The zero-order valence-corrected chi connectivity index (χ0v) is 22.1. The minimum absolute atomic E-state index is 0.0695. The quantitative estimate of drug-likeness (QED) is 0.198. The average molecular weight is 563 g/mol. The Bertz CT molecular complexity index is 1240. The number of carboxylic acid groups (broad SMARTS) is 1. The molecule has 0 saturated heterocycles. The maximum Gasteiger partial charge on any atom is 0.408 e. The summed E-state index contributed by atoms with van der Waals surface area (Å²) in [5.74, 6) is -4.19. The van der Waals surface area contributed by atoms with E-state index < -0.39 is 54.8 Å². The van der Waals surface area contributed by atoms with Gasteiger partial charge in [-0.15, -0.1) is 0 Å². The normalized spacial score (nSPS) is 11.8. The molecule has 0 aliphatic rings. The van der Waals surface area contributed by atoms with Crippen LogP contribution in [-0.4, -0.2) is 47.1 Å². The van der Waals surface area contributed by atoms with Gasteiger partial charge in [0.25, 0.3) is 0 Å². The first kappa shape index (κ1) is 30.4. The lowest BCUT2D eigenvalue weighted by atomic mass is 10.1. The van der Waals surface area contributed by atoms with Crippen molar-refractivity contribution in [2.75, 3.05) is 0 Å². The lowest BCUT2D eigenvalue weighted by Gasteiger charge is -2.21. The van der Waals surface area contributed by atoms with Gasteiger partial charge >= 0.3 is 24.0 Å². The van der Waals surface area contributed by atoms with E-state index in [0.29, 0.717) is 16.7 Å². The summed E-state index contributed by atoms with van der Waals surface area (Å²) in [4.78, 5) is 62.3. The van der Waals surface area contributed by atoms with Crippen LogP contribution in [0, 0.1) is 0 Å². The number of rotatable bonds is 14. The number of hydrogen-bond donors (Lipinski definition) is 3. The second-order valence-corrected chi connectivity index (χ2v) is 8.86. The predicted octanol–water partition coefficient (Wildman–Crippen LogP) is 3.12. The molecule has 11 heteroatoms. The number of ether oxygens (including phenoxy) is 3. The summed E-state index contributed by atoms with van der Waals surface area (Å²) in [6, 6.07) is 23.1. The summed E-state index contributed by atoms with van der Waals surface area (Å²) < 4.78 is 15.6. The van der Waals surface area contributed by atoms with Crippen LogP contribution in [0.25, 0.3) is 0 Å². The van der Waals surface area contributed by atoms with E-state index in [0.717, 1.165) is 0 Å². The zero-order valence-electron chi connectivity index (χ0n) is 22.1. The van der Waals surface area contributed by atoms with Crippen LogP contribution < -0.4 is 10.6 Å². The molecule has 3 rings (SSSR count). The SMILES string of the molecule is O=C(O)C[C@@H](NC(=O)[C@H](CC(=O)OCc1ccccc1)NC(=O)OCc1ccccc1)C(=O)OCc1ccccc1. The van der Waals surface area contributed by atoms with Gasteiger partial charge in [0.1, 0.15) is 31.9 Å². The Labute approximate surface area is 236 Å². The van der Waals surface area contributed by atoms with E-state index in [-0.39, 0.29) is 19.8 Å². The molecule has 214 valence electrons. The molecular weight excluding hydrogens is 532 g/mol. The Morgan fingerprint density at radius 2 is 1.05 bits per heavy atom. The van der Waals surface area contributed by atoms with Gasteiger partial charge in [-0.05, 0) is 16.7 Å². The summed E-state index contributed by atoms with van der Waals surface area (Å²) in [6.07, 6.45) is -2.41. The molecule has 0 aromatic heterocycles. The predicted molar refractivity (Wildman–Crippen MR) is 145 cm³/mol. The van der Waals surface area contributed by atoms with E-state index in [1.54, 1.807) is 91.0 Å². The molecule has 0 radical (unpaired) electrons. The number of carboxylic acids is 1. The molecule has 11 nitrogen and oxygen atoms in total. The molecule has 0 spiro atoms. The summed E-state index contributed by atoms with van der Waals surface area (Å²) in [5.41, 5.74) is 2.05. The van der Waals surface area contributed by atoms with E-state index in [9.17, 15) is 29.1 Å².